The number of sulfonamides is 1. The molecule has 0 radical (unpaired) electrons. The van der Waals surface area contributed by atoms with Crippen molar-refractivity contribution in [3.63, 3.8) is 0 Å². The highest BCUT2D eigenvalue weighted by Crippen LogP contribution is 2.40. The van der Waals surface area contributed by atoms with E-state index >= 15 is 0 Å². The summed E-state index contributed by atoms with van der Waals surface area (Å²) in [7, 11) is 0.875. The van der Waals surface area contributed by atoms with Gasteiger partial charge in [0, 0.05) is 31.7 Å². The molecule has 0 aliphatic carbocycles. The fourth-order valence-corrected chi connectivity index (χ4v) is 5.27. The lowest BCUT2D eigenvalue weighted by Crippen LogP contribution is -2.49. The average molecular weight is 489 g/mol. The summed E-state index contributed by atoms with van der Waals surface area (Å²) in [6, 6.07) is 12.3. The van der Waals surface area contributed by atoms with Crippen LogP contribution in [0, 0.1) is 5.82 Å². The SMILES string of the molecule is COc1cc(-c2ccc(N3CCN(S(=O)(=O)c4cccc(F)c4)CC3)nn2)cc(OC)c1OC. The van der Waals surface area contributed by atoms with Crippen molar-refractivity contribution in [1.82, 2.24) is 14.5 Å². The van der Waals surface area contributed by atoms with E-state index in [2.05, 4.69) is 10.2 Å². The summed E-state index contributed by atoms with van der Waals surface area (Å²) in [5.74, 6) is 1.57. The van der Waals surface area contributed by atoms with Crippen LogP contribution in [0.25, 0.3) is 11.3 Å². The number of nitrogens with zero attached hydrogens (tertiary/aromatic N) is 4. The molecule has 1 aliphatic heterocycles. The van der Waals surface area contributed by atoms with Gasteiger partial charge >= 0.3 is 0 Å². The molecule has 0 N–H and O–H groups in total. The van der Waals surface area contributed by atoms with Crippen molar-refractivity contribution in [3.05, 3.63) is 54.3 Å². The molecule has 34 heavy (non-hydrogen) atoms. The average Bonchev–Trinajstić information content (AvgIpc) is 2.88. The minimum absolute atomic E-state index is 0.0459. The van der Waals surface area contributed by atoms with Gasteiger partial charge in [0.25, 0.3) is 0 Å². The summed E-state index contributed by atoms with van der Waals surface area (Å²) in [5, 5.41) is 8.67. The van der Waals surface area contributed by atoms with Crippen LogP contribution in [0.15, 0.2) is 53.4 Å². The van der Waals surface area contributed by atoms with Gasteiger partial charge in [0.1, 0.15) is 5.82 Å². The van der Waals surface area contributed by atoms with Gasteiger partial charge in [-0.2, -0.15) is 4.31 Å². The number of aromatic nitrogens is 2. The molecule has 1 aliphatic rings. The van der Waals surface area contributed by atoms with Crippen molar-refractivity contribution < 1.29 is 27.0 Å². The summed E-state index contributed by atoms with van der Waals surface area (Å²) in [4.78, 5) is 1.92. The number of hydrogen-bond donors (Lipinski definition) is 0. The quantitative estimate of drug-likeness (QED) is 0.501. The molecule has 0 unspecified atom stereocenters. The Morgan fingerprint density at radius 1 is 0.853 bits per heavy atom. The number of halogens is 1. The highest BCUT2D eigenvalue weighted by Gasteiger charge is 2.29. The van der Waals surface area contributed by atoms with Gasteiger partial charge in [-0.1, -0.05) is 6.07 Å². The predicted octanol–water partition coefficient (Wildman–Crippen LogP) is 2.82. The molecule has 0 amide bonds. The molecule has 4 rings (SSSR count). The molecule has 0 saturated carbocycles. The number of hydrogen-bond acceptors (Lipinski definition) is 8. The summed E-state index contributed by atoms with van der Waals surface area (Å²) >= 11 is 0. The molecule has 1 fully saturated rings. The predicted molar refractivity (Wildman–Crippen MR) is 124 cm³/mol. The Hall–Kier alpha value is -3.44. The molecular formula is C23H25FN4O5S. The van der Waals surface area contributed by atoms with E-state index in [0.29, 0.717) is 41.8 Å². The number of piperazine rings is 1. The Balaban J connectivity index is 1.48. The van der Waals surface area contributed by atoms with Crippen LogP contribution in [0.2, 0.25) is 0 Å². The van der Waals surface area contributed by atoms with Gasteiger partial charge in [-0.15, -0.1) is 10.2 Å². The maximum atomic E-state index is 13.5. The second kappa shape index (κ2) is 9.82. The van der Waals surface area contributed by atoms with Gasteiger partial charge < -0.3 is 19.1 Å². The first-order chi connectivity index (χ1) is 16.4. The molecule has 9 nitrogen and oxygen atoms in total. The normalized spacial score (nSPS) is 14.6. The Morgan fingerprint density at radius 3 is 2.06 bits per heavy atom. The zero-order valence-corrected chi connectivity index (χ0v) is 19.9. The van der Waals surface area contributed by atoms with Crippen LogP contribution in [-0.4, -0.2) is 70.4 Å². The fraction of sp³-hybridized carbons (Fsp3) is 0.304. The molecule has 180 valence electrons. The third kappa shape index (κ3) is 4.62. The van der Waals surface area contributed by atoms with Crippen molar-refractivity contribution in [2.75, 3.05) is 52.4 Å². The number of rotatable bonds is 7. The summed E-state index contributed by atoms with van der Waals surface area (Å²) < 4.78 is 56.6. The van der Waals surface area contributed by atoms with Gasteiger partial charge in [0.2, 0.25) is 15.8 Å². The smallest absolute Gasteiger partial charge is 0.243 e. The van der Waals surface area contributed by atoms with Crippen molar-refractivity contribution in [2.24, 2.45) is 0 Å². The van der Waals surface area contributed by atoms with E-state index in [0.717, 1.165) is 11.6 Å². The van der Waals surface area contributed by atoms with Crippen molar-refractivity contribution in [2.45, 2.75) is 4.90 Å². The largest absolute Gasteiger partial charge is 0.493 e. The molecule has 3 aromatic rings. The zero-order chi connectivity index (χ0) is 24.3. The molecular weight excluding hydrogens is 463 g/mol. The van der Waals surface area contributed by atoms with Gasteiger partial charge in [-0.05, 0) is 42.5 Å². The number of anilines is 1. The molecule has 0 spiro atoms. The Labute approximate surface area is 197 Å². The van der Waals surface area contributed by atoms with Crippen LogP contribution in [0.4, 0.5) is 10.2 Å². The second-order valence-corrected chi connectivity index (χ2v) is 9.48. The highest BCUT2D eigenvalue weighted by atomic mass is 32.2. The monoisotopic (exact) mass is 488 g/mol. The van der Waals surface area contributed by atoms with Crippen molar-refractivity contribution in [1.29, 1.82) is 0 Å². The molecule has 1 saturated heterocycles. The van der Waals surface area contributed by atoms with E-state index in [4.69, 9.17) is 14.2 Å². The summed E-state index contributed by atoms with van der Waals surface area (Å²) in [5.41, 5.74) is 1.37. The molecule has 11 heteroatoms. The highest BCUT2D eigenvalue weighted by molar-refractivity contribution is 7.89. The Kier molecular flexibility index (Phi) is 6.85. The summed E-state index contributed by atoms with van der Waals surface area (Å²) in [6.07, 6.45) is 0. The van der Waals surface area contributed by atoms with Crippen LogP contribution in [0.3, 0.4) is 0 Å². The topological polar surface area (TPSA) is 94.1 Å². The van der Waals surface area contributed by atoms with Gasteiger partial charge in [0.15, 0.2) is 17.3 Å². The van der Waals surface area contributed by atoms with E-state index < -0.39 is 15.8 Å². The third-order valence-electron chi connectivity index (χ3n) is 5.61. The lowest BCUT2D eigenvalue weighted by molar-refractivity contribution is 0.324. The van der Waals surface area contributed by atoms with Gasteiger partial charge in [-0.25, -0.2) is 12.8 Å². The van der Waals surface area contributed by atoms with E-state index in [-0.39, 0.29) is 18.0 Å². The van der Waals surface area contributed by atoms with Crippen molar-refractivity contribution >= 4 is 15.8 Å². The fourth-order valence-electron chi connectivity index (χ4n) is 3.81. The first kappa shape index (κ1) is 23.7. The molecule has 1 aromatic heterocycles. The Bertz CT molecular complexity index is 1240. The zero-order valence-electron chi connectivity index (χ0n) is 19.1. The number of methoxy groups -OCH3 is 3. The first-order valence-electron chi connectivity index (χ1n) is 10.5. The summed E-state index contributed by atoms with van der Waals surface area (Å²) in [6.45, 7) is 1.39. The lowest BCUT2D eigenvalue weighted by Gasteiger charge is -2.34. The van der Waals surface area contributed by atoms with E-state index in [1.54, 1.807) is 26.4 Å². The van der Waals surface area contributed by atoms with E-state index in [9.17, 15) is 12.8 Å². The van der Waals surface area contributed by atoms with Gasteiger partial charge in [0.05, 0.1) is 31.9 Å². The maximum Gasteiger partial charge on any atom is 0.243 e. The second-order valence-electron chi connectivity index (χ2n) is 7.54. The van der Waals surface area contributed by atoms with E-state index in [1.165, 1.54) is 29.6 Å². The van der Waals surface area contributed by atoms with Crippen molar-refractivity contribution in [3.8, 4) is 28.5 Å². The third-order valence-corrected chi connectivity index (χ3v) is 7.50. The standard InChI is InChI=1S/C23H25FN4O5S/c1-31-20-13-16(14-21(32-2)23(20)33-3)19-7-8-22(26-25-19)27-9-11-28(12-10-27)34(29,30)18-6-4-5-17(24)15-18/h4-8,13-15H,9-12H2,1-3H3. The molecule has 0 bridgehead atoms. The molecule has 0 atom stereocenters. The van der Waals surface area contributed by atoms with E-state index in [1.807, 2.05) is 17.0 Å². The number of benzene rings is 2. The lowest BCUT2D eigenvalue weighted by atomic mass is 10.1. The van der Waals surface area contributed by atoms with Crippen LogP contribution in [0.1, 0.15) is 0 Å². The first-order valence-corrected chi connectivity index (χ1v) is 12.0. The van der Waals surface area contributed by atoms with Crippen LogP contribution in [0.5, 0.6) is 17.2 Å². The maximum absolute atomic E-state index is 13.5. The minimum atomic E-state index is -3.76. The Morgan fingerprint density at radius 2 is 1.53 bits per heavy atom. The molecule has 2 heterocycles. The molecule has 2 aromatic carbocycles. The van der Waals surface area contributed by atoms with Crippen LogP contribution < -0.4 is 19.1 Å². The minimum Gasteiger partial charge on any atom is -0.493 e. The van der Waals surface area contributed by atoms with Crippen LogP contribution >= 0.6 is 0 Å². The van der Waals surface area contributed by atoms with Gasteiger partial charge in [-0.3, -0.25) is 0 Å². The number of ether oxygens (including phenoxy) is 3. The van der Waals surface area contributed by atoms with Crippen LogP contribution in [-0.2, 0) is 10.0 Å².